The number of benzene rings is 1. The Balaban J connectivity index is 1.94. The molecule has 0 spiro atoms. The summed E-state index contributed by atoms with van der Waals surface area (Å²) in [6.07, 6.45) is 0. The van der Waals surface area contributed by atoms with Gasteiger partial charge in [-0.1, -0.05) is 12.1 Å². The van der Waals surface area contributed by atoms with Gasteiger partial charge in [0.25, 0.3) is 0 Å². The highest BCUT2D eigenvalue weighted by Gasteiger charge is 2.07. The van der Waals surface area contributed by atoms with Crippen molar-refractivity contribution in [3.63, 3.8) is 0 Å². The molecule has 0 aliphatic heterocycles. The van der Waals surface area contributed by atoms with Crippen LogP contribution in [0.5, 0.6) is 5.75 Å². The standard InChI is InChI=1S/C15H19NOS/c1-11-7-8-15(18-11)12(2)16-10-13-5-4-6-14(9-13)17-3/h4-9,12,16H,10H2,1-3H3. The minimum atomic E-state index is 0.384. The summed E-state index contributed by atoms with van der Waals surface area (Å²) in [7, 11) is 1.70. The molecule has 0 aliphatic carbocycles. The first-order valence-electron chi connectivity index (χ1n) is 6.11. The van der Waals surface area contributed by atoms with Gasteiger partial charge in [0.05, 0.1) is 7.11 Å². The molecule has 1 unspecified atom stereocenters. The third-order valence-electron chi connectivity index (χ3n) is 2.93. The van der Waals surface area contributed by atoms with E-state index in [1.807, 2.05) is 23.5 Å². The van der Waals surface area contributed by atoms with E-state index in [2.05, 4.69) is 43.4 Å². The molecule has 1 aromatic heterocycles. The minimum absolute atomic E-state index is 0.384. The Hall–Kier alpha value is -1.32. The van der Waals surface area contributed by atoms with Crippen LogP contribution in [0.1, 0.15) is 28.3 Å². The van der Waals surface area contributed by atoms with Crippen molar-refractivity contribution in [1.29, 1.82) is 0 Å². The SMILES string of the molecule is COc1cccc(CNC(C)c2ccc(C)s2)c1. The molecule has 0 aliphatic rings. The quantitative estimate of drug-likeness (QED) is 0.881. The zero-order valence-corrected chi connectivity index (χ0v) is 11.9. The largest absolute Gasteiger partial charge is 0.497 e. The van der Waals surface area contributed by atoms with Gasteiger partial charge in [-0.2, -0.15) is 0 Å². The lowest BCUT2D eigenvalue weighted by Crippen LogP contribution is -2.17. The van der Waals surface area contributed by atoms with Crippen LogP contribution in [0.25, 0.3) is 0 Å². The monoisotopic (exact) mass is 261 g/mol. The topological polar surface area (TPSA) is 21.3 Å². The number of hydrogen-bond acceptors (Lipinski definition) is 3. The molecule has 0 amide bonds. The molecule has 18 heavy (non-hydrogen) atoms. The van der Waals surface area contributed by atoms with Crippen molar-refractivity contribution in [2.24, 2.45) is 0 Å². The van der Waals surface area contributed by atoms with Crippen molar-refractivity contribution >= 4 is 11.3 Å². The van der Waals surface area contributed by atoms with Crippen LogP contribution in [0.15, 0.2) is 36.4 Å². The summed E-state index contributed by atoms with van der Waals surface area (Å²) in [6.45, 7) is 5.20. The molecule has 0 fully saturated rings. The molecule has 1 heterocycles. The van der Waals surface area contributed by atoms with E-state index in [-0.39, 0.29) is 0 Å². The Morgan fingerprint density at radius 1 is 1.28 bits per heavy atom. The molecule has 0 radical (unpaired) electrons. The lowest BCUT2D eigenvalue weighted by Gasteiger charge is -2.12. The van der Waals surface area contributed by atoms with E-state index >= 15 is 0 Å². The Morgan fingerprint density at radius 3 is 2.78 bits per heavy atom. The number of methoxy groups -OCH3 is 1. The molecule has 1 N–H and O–H groups in total. The summed E-state index contributed by atoms with van der Waals surface area (Å²) in [5.74, 6) is 0.911. The predicted octanol–water partition coefficient (Wildman–Crippen LogP) is 3.92. The van der Waals surface area contributed by atoms with Crippen molar-refractivity contribution in [3.05, 3.63) is 51.7 Å². The second kappa shape index (κ2) is 6.03. The first-order chi connectivity index (χ1) is 8.69. The summed E-state index contributed by atoms with van der Waals surface area (Å²) in [5.41, 5.74) is 1.24. The van der Waals surface area contributed by atoms with Gasteiger partial charge in [0.15, 0.2) is 0 Å². The number of thiophene rings is 1. The molecule has 2 rings (SSSR count). The molecule has 0 saturated carbocycles. The third-order valence-corrected chi connectivity index (χ3v) is 4.12. The molecule has 2 aromatic rings. The zero-order valence-electron chi connectivity index (χ0n) is 11.1. The van der Waals surface area contributed by atoms with Crippen molar-refractivity contribution in [3.8, 4) is 5.75 Å². The molecule has 1 atom stereocenters. The van der Waals surface area contributed by atoms with Gasteiger partial charge in [0, 0.05) is 22.3 Å². The van der Waals surface area contributed by atoms with Gasteiger partial charge in [-0.3, -0.25) is 0 Å². The van der Waals surface area contributed by atoms with Gasteiger partial charge in [0.1, 0.15) is 5.75 Å². The highest BCUT2D eigenvalue weighted by molar-refractivity contribution is 7.12. The van der Waals surface area contributed by atoms with Crippen LogP contribution < -0.4 is 10.1 Å². The molecule has 1 aromatic carbocycles. The molecule has 0 saturated heterocycles. The molecular formula is C15H19NOS. The van der Waals surface area contributed by atoms with Gasteiger partial charge in [-0.25, -0.2) is 0 Å². The van der Waals surface area contributed by atoms with Crippen LogP contribution in [0, 0.1) is 6.92 Å². The van der Waals surface area contributed by atoms with Gasteiger partial charge < -0.3 is 10.1 Å². The second-order valence-electron chi connectivity index (χ2n) is 4.40. The number of ether oxygens (including phenoxy) is 1. The molecule has 2 nitrogen and oxygen atoms in total. The van der Waals surface area contributed by atoms with Crippen LogP contribution in [0.4, 0.5) is 0 Å². The van der Waals surface area contributed by atoms with Crippen LogP contribution in [-0.4, -0.2) is 7.11 Å². The first-order valence-corrected chi connectivity index (χ1v) is 6.93. The smallest absolute Gasteiger partial charge is 0.119 e. The lowest BCUT2D eigenvalue weighted by molar-refractivity contribution is 0.414. The van der Waals surface area contributed by atoms with E-state index in [1.165, 1.54) is 15.3 Å². The van der Waals surface area contributed by atoms with E-state index < -0.39 is 0 Å². The maximum Gasteiger partial charge on any atom is 0.119 e. The summed E-state index contributed by atoms with van der Waals surface area (Å²) in [6, 6.07) is 12.9. The number of rotatable bonds is 5. The van der Waals surface area contributed by atoms with Gasteiger partial charge in [0.2, 0.25) is 0 Å². The average molecular weight is 261 g/mol. The predicted molar refractivity (Wildman–Crippen MR) is 77.3 cm³/mol. The third kappa shape index (κ3) is 3.34. The van der Waals surface area contributed by atoms with Crippen molar-refractivity contribution in [2.45, 2.75) is 26.4 Å². The number of hydrogen-bond donors (Lipinski definition) is 1. The summed E-state index contributed by atoms with van der Waals surface area (Å²) < 4.78 is 5.22. The van der Waals surface area contributed by atoms with Crippen LogP contribution in [0.3, 0.4) is 0 Å². The van der Waals surface area contributed by atoms with Crippen molar-refractivity contribution in [2.75, 3.05) is 7.11 Å². The Labute approximate surface area is 113 Å². The van der Waals surface area contributed by atoms with Crippen LogP contribution in [-0.2, 0) is 6.54 Å². The second-order valence-corrected chi connectivity index (χ2v) is 5.72. The van der Waals surface area contributed by atoms with Crippen molar-refractivity contribution in [1.82, 2.24) is 5.32 Å². The lowest BCUT2D eigenvalue weighted by atomic mass is 10.2. The highest BCUT2D eigenvalue weighted by Crippen LogP contribution is 2.22. The normalized spacial score (nSPS) is 12.4. The first kappa shape index (κ1) is 13.1. The number of nitrogens with one attached hydrogen (secondary N) is 1. The summed E-state index contributed by atoms with van der Waals surface area (Å²) in [4.78, 5) is 2.75. The molecular weight excluding hydrogens is 242 g/mol. The fourth-order valence-corrected chi connectivity index (χ4v) is 2.74. The molecule has 0 bridgehead atoms. The Bertz CT molecular complexity index is 507. The van der Waals surface area contributed by atoms with E-state index in [0.29, 0.717) is 6.04 Å². The fourth-order valence-electron chi connectivity index (χ4n) is 1.84. The fraction of sp³-hybridized carbons (Fsp3) is 0.333. The van der Waals surface area contributed by atoms with Gasteiger partial charge in [-0.05, 0) is 43.7 Å². The van der Waals surface area contributed by atoms with E-state index in [9.17, 15) is 0 Å². The molecule has 3 heteroatoms. The molecule has 96 valence electrons. The average Bonchev–Trinajstić information content (AvgIpc) is 2.83. The Morgan fingerprint density at radius 2 is 2.11 bits per heavy atom. The summed E-state index contributed by atoms with van der Waals surface area (Å²) in [5, 5.41) is 3.53. The van der Waals surface area contributed by atoms with E-state index in [4.69, 9.17) is 4.74 Å². The van der Waals surface area contributed by atoms with E-state index in [1.54, 1.807) is 7.11 Å². The van der Waals surface area contributed by atoms with Gasteiger partial charge >= 0.3 is 0 Å². The summed E-state index contributed by atoms with van der Waals surface area (Å²) >= 11 is 1.85. The Kier molecular flexibility index (Phi) is 4.39. The number of aryl methyl sites for hydroxylation is 1. The zero-order chi connectivity index (χ0) is 13.0. The van der Waals surface area contributed by atoms with Crippen LogP contribution >= 0.6 is 11.3 Å². The minimum Gasteiger partial charge on any atom is -0.497 e. The van der Waals surface area contributed by atoms with E-state index in [0.717, 1.165) is 12.3 Å². The maximum absolute atomic E-state index is 5.22. The maximum atomic E-state index is 5.22. The van der Waals surface area contributed by atoms with Crippen molar-refractivity contribution < 1.29 is 4.74 Å². The highest BCUT2D eigenvalue weighted by atomic mass is 32.1. The van der Waals surface area contributed by atoms with Crippen LogP contribution in [0.2, 0.25) is 0 Å². The van der Waals surface area contributed by atoms with Gasteiger partial charge in [-0.15, -0.1) is 11.3 Å².